The van der Waals surface area contributed by atoms with Gasteiger partial charge < -0.3 is 4.90 Å². The zero-order valence-corrected chi connectivity index (χ0v) is 13.0. The van der Waals surface area contributed by atoms with E-state index in [-0.39, 0.29) is 37.7 Å². The molecule has 1 aromatic heterocycles. The highest BCUT2D eigenvalue weighted by molar-refractivity contribution is 5.94. The van der Waals surface area contributed by atoms with Crippen LogP contribution in [0.15, 0.2) is 42.6 Å². The number of halogens is 3. The average molecular weight is 334 g/mol. The predicted octanol–water partition coefficient (Wildman–Crippen LogP) is 3.68. The molecule has 1 aliphatic rings. The van der Waals surface area contributed by atoms with Gasteiger partial charge in [-0.2, -0.15) is 0 Å². The van der Waals surface area contributed by atoms with Gasteiger partial charge in [0.15, 0.2) is 0 Å². The molecule has 3 nitrogen and oxygen atoms in total. The number of pyridine rings is 1. The first kappa shape index (κ1) is 16.5. The van der Waals surface area contributed by atoms with Crippen LogP contribution in [-0.2, 0) is 6.42 Å². The molecule has 0 unspecified atom stereocenters. The minimum atomic E-state index is -2.68. The number of aromatic nitrogens is 1. The number of likely N-dealkylation sites (tertiary alicyclic amines) is 1. The summed E-state index contributed by atoms with van der Waals surface area (Å²) in [6.45, 7) is 0.0980. The van der Waals surface area contributed by atoms with E-state index in [0.717, 1.165) is 5.56 Å². The SMILES string of the molecule is O=C(c1ccnc(Cc2cccc(F)c2)c1)N1CCC(F)(F)CC1. The highest BCUT2D eigenvalue weighted by atomic mass is 19.3. The van der Waals surface area contributed by atoms with E-state index in [0.29, 0.717) is 17.7 Å². The zero-order valence-electron chi connectivity index (χ0n) is 13.0. The van der Waals surface area contributed by atoms with Gasteiger partial charge in [0.05, 0.1) is 0 Å². The van der Waals surface area contributed by atoms with Crippen LogP contribution in [0.25, 0.3) is 0 Å². The Morgan fingerprint density at radius 3 is 2.62 bits per heavy atom. The van der Waals surface area contributed by atoms with Crippen molar-refractivity contribution in [2.45, 2.75) is 25.2 Å². The van der Waals surface area contributed by atoms with Crippen molar-refractivity contribution >= 4 is 5.91 Å². The Morgan fingerprint density at radius 2 is 1.92 bits per heavy atom. The van der Waals surface area contributed by atoms with Gasteiger partial charge in [0.25, 0.3) is 11.8 Å². The quantitative estimate of drug-likeness (QED) is 0.858. The molecular weight excluding hydrogens is 317 g/mol. The second-order valence-corrected chi connectivity index (χ2v) is 5.99. The van der Waals surface area contributed by atoms with E-state index >= 15 is 0 Å². The maximum Gasteiger partial charge on any atom is 0.253 e. The third kappa shape index (κ3) is 3.93. The lowest BCUT2D eigenvalue weighted by atomic mass is 10.0. The average Bonchev–Trinajstić information content (AvgIpc) is 2.54. The number of carbonyl (C=O) groups is 1. The first-order valence-corrected chi connectivity index (χ1v) is 7.79. The lowest BCUT2D eigenvalue weighted by molar-refractivity contribution is -0.0494. The van der Waals surface area contributed by atoms with Crippen LogP contribution in [0.1, 0.15) is 34.5 Å². The van der Waals surface area contributed by atoms with Crippen LogP contribution in [0.3, 0.4) is 0 Å². The second kappa shape index (κ2) is 6.63. The molecule has 3 rings (SSSR count). The van der Waals surface area contributed by atoms with Crippen molar-refractivity contribution in [2.24, 2.45) is 0 Å². The van der Waals surface area contributed by atoms with E-state index in [1.165, 1.54) is 23.2 Å². The van der Waals surface area contributed by atoms with Gasteiger partial charge in [-0.25, -0.2) is 13.2 Å². The summed E-state index contributed by atoms with van der Waals surface area (Å²) < 4.78 is 39.6. The largest absolute Gasteiger partial charge is 0.338 e. The molecule has 2 heterocycles. The molecule has 0 N–H and O–H groups in total. The molecule has 1 aliphatic heterocycles. The van der Waals surface area contributed by atoms with E-state index in [9.17, 15) is 18.0 Å². The fourth-order valence-corrected chi connectivity index (χ4v) is 2.78. The Morgan fingerprint density at radius 1 is 1.17 bits per heavy atom. The highest BCUT2D eigenvalue weighted by Gasteiger charge is 2.35. The Balaban J connectivity index is 1.72. The third-order valence-electron chi connectivity index (χ3n) is 4.12. The smallest absolute Gasteiger partial charge is 0.253 e. The normalized spacial score (nSPS) is 16.9. The molecule has 2 aromatic rings. The zero-order chi connectivity index (χ0) is 17.2. The van der Waals surface area contributed by atoms with E-state index < -0.39 is 5.92 Å². The first-order valence-electron chi connectivity index (χ1n) is 7.79. The summed E-state index contributed by atoms with van der Waals surface area (Å²) in [5.74, 6) is -3.28. The molecule has 1 saturated heterocycles. The van der Waals surface area contributed by atoms with Gasteiger partial charge in [0.1, 0.15) is 5.82 Å². The molecule has 0 radical (unpaired) electrons. The maximum absolute atomic E-state index is 13.2. The van der Waals surface area contributed by atoms with E-state index in [4.69, 9.17) is 0 Å². The summed E-state index contributed by atoms with van der Waals surface area (Å²) in [5.41, 5.74) is 1.81. The minimum absolute atomic E-state index is 0.0490. The van der Waals surface area contributed by atoms with Crippen LogP contribution in [0.5, 0.6) is 0 Å². The number of piperidine rings is 1. The fourth-order valence-electron chi connectivity index (χ4n) is 2.78. The number of amides is 1. The van der Waals surface area contributed by atoms with Gasteiger partial charge in [-0.05, 0) is 29.8 Å². The van der Waals surface area contributed by atoms with E-state index in [1.54, 1.807) is 24.3 Å². The molecule has 126 valence electrons. The van der Waals surface area contributed by atoms with Crippen LogP contribution in [0, 0.1) is 5.82 Å². The Hall–Kier alpha value is -2.37. The molecule has 0 spiro atoms. The van der Waals surface area contributed by atoms with Gasteiger partial charge in [-0.15, -0.1) is 0 Å². The molecule has 0 atom stereocenters. The topological polar surface area (TPSA) is 33.2 Å². The van der Waals surface area contributed by atoms with Crippen molar-refractivity contribution in [3.63, 3.8) is 0 Å². The molecular formula is C18H17F3N2O. The summed E-state index contributed by atoms with van der Waals surface area (Å²) in [7, 11) is 0. The molecule has 0 saturated carbocycles. The molecule has 0 aliphatic carbocycles. The highest BCUT2D eigenvalue weighted by Crippen LogP contribution is 2.28. The number of nitrogens with zero attached hydrogens (tertiary/aromatic N) is 2. The lowest BCUT2D eigenvalue weighted by Gasteiger charge is -2.31. The minimum Gasteiger partial charge on any atom is -0.338 e. The van der Waals surface area contributed by atoms with Crippen molar-refractivity contribution in [3.05, 3.63) is 65.2 Å². The van der Waals surface area contributed by atoms with Gasteiger partial charge in [-0.3, -0.25) is 9.78 Å². The lowest BCUT2D eigenvalue weighted by Crippen LogP contribution is -2.42. The van der Waals surface area contributed by atoms with Gasteiger partial charge >= 0.3 is 0 Å². The predicted molar refractivity (Wildman–Crippen MR) is 83.5 cm³/mol. The molecule has 1 aromatic carbocycles. The molecule has 0 bridgehead atoms. The van der Waals surface area contributed by atoms with Crippen molar-refractivity contribution in [2.75, 3.05) is 13.1 Å². The van der Waals surface area contributed by atoms with Crippen molar-refractivity contribution in [1.82, 2.24) is 9.88 Å². The van der Waals surface area contributed by atoms with Crippen LogP contribution >= 0.6 is 0 Å². The summed E-state index contributed by atoms with van der Waals surface area (Å²) >= 11 is 0. The summed E-state index contributed by atoms with van der Waals surface area (Å²) in [5, 5.41) is 0. The fraction of sp³-hybridized carbons (Fsp3) is 0.333. The number of carbonyl (C=O) groups excluding carboxylic acids is 1. The second-order valence-electron chi connectivity index (χ2n) is 5.99. The number of benzene rings is 1. The Bertz CT molecular complexity index is 739. The number of hydrogen-bond donors (Lipinski definition) is 0. The van der Waals surface area contributed by atoms with Crippen LogP contribution < -0.4 is 0 Å². The van der Waals surface area contributed by atoms with Crippen LogP contribution in [0.4, 0.5) is 13.2 Å². The third-order valence-corrected chi connectivity index (χ3v) is 4.12. The molecule has 24 heavy (non-hydrogen) atoms. The first-order chi connectivity index (χ1) is 11.4. The maximum atomic E-state index is 13.2. The van der Waals surface area contributed by atoms with Crippen molar-refractivity contribution in [3.8, 4) is 0 Å². The monoisotopic (exact) mass is 334 g/mol. The number of rotatable bonds is 3. The summed E-state index contributed by atoms with van der Waals surface area (Å²) in [4.78, 5) is 18.1. The van der Waals surface area contributed by atoms with E-state index in [1.807, 2.05) is 0 Å². The van der Waals surface area contributed by atoms with Crippen molar-refractivity contribution < 1.29 is 18.0 Å². The summed E-state index contributed by atoms with van der Waals surface area (Å²) in [6, 6.07) is 9.40. The Labute approximate surface area is 138 Å². The number of alkyl halides is 2. The molecule has 6 heteroatoms. The van der Waals surface area contributed by atoms with Gasteiger partial charge in [0, 0.05) is 49.8 Å². The van der Waals surface area contributed by atoms with Crippen molar-refractivity contribution in [1.29, 1.82) is 0 Å². The van der Waals surface area contributed by atoms with Crippen LogP contribution in [-0.4, -0.2) is 34.8 Å². The summed E-state index contributed by atoms with van der Waals surface area (Å²) in [6.07, 6.45) is 1.30. The standard InChI is InChI=1S/C18H17F3N2O/c19-15-3-1-2-13(10-15)11-16-12-14(4-7-22-16)17(24)23-8-5-18(20,21)6-9-23/h1-4,7,10,12H,5-6,8-9,11H2. The molecule has 1 amide bonds. The number of hydrogen-bond acceptors (Lipinski definition) is 2. The molecule has 1 fully saturated rings. The van der Waals surface area contributed by atoms with Gasteiger partial charge in [-0.1, -0.05) is 12.1 Å². The van der Waals surface area contributed by atoms with Crippen LogP contribution in [0.2, 0.25) is 0 Å². The van der Waals surface area contributed by atoms with E-state index in [2.05, 4.69) is 4.98 Å². The Kier molecular flexibility index (Phi) is 4.55. The van der Waals surface area contributed by atoms with Gasteiger partial charge in [0.2, 0.25) is 0 Å².